The SMILES string of the molecule is C=CC(=O)N1CC(C)(C(=O)Nc2ccc(N3CCCC3)cc2)C1. The summed E-state index contributed by atoms with van der Waals surface area (Å²) in [6.07, 6.45) is 3.78. The summed E-state index contributed by atoms with van der Waals surface area (Å²) in [4.78, 5) is 27.9. The number of hydrogen-bond acceptors (Lipinski definition) is 3. The molecule has 0 bridgehead atoms. The highest BCUT2D eigenvalue weighted by atomic mass is 16.2. The average molecular weight is 313 g/mol. The van der Waals surface area contributed by atoms with Gasteiger partial charge in [-0.2, -0.15) is 0 Å². The first-order valence-electron chi connectivity index (χ1n) is 8.10. The Kier molecular flexibility index (Phi) is 4.11. The van der Waals surface area contributed by atoms with E-state index in [1.54, 1.807) is 4.90 Å². The van der Waals surface area contributed by atoms with Crippen LogP contribution in [-0.4, -0.2) is 42.9 Å². The van der Waals surface area contributed by atoms with Crippen LogP contribution in [0.5, 0.6) is 0 Å². The van der Waals surface area contributed by atoms with Gasteiger partial charge in [-0.1, -0.05) is 6.58 Å². The maximum atomic E-state index is 12.4. The molecule has 2 fully saturated rings. The zero-order chi connectivity index (χ0) is 16.4. The molecule has 122 valence electrons. The van der Waals surface area contributed by atoms with Gasteiger partial charge >= 0.3 is 0 Å². The lowest BCUT2D eigenvalue weighted by Gasteiger charge is -2.46. The molecule has 0 spiro atoms. The Balaban J connectivity index is 1.58. The Morgan fingerprint density at radius 2 is 1.78 bits per heavy atom. The summed E-state index contributed by atoms with van der Waals surface area (Å²) in [5.41, 5.74) is 1.48. The van der Waals surface area contributed by atoms with Crippen molar-refractivity contribution in [2.45, 2.75) is 19.8 Å². The van der Waals surface area contributed by atoms with Gasteiger partial charge in [0.15, 0.2) is 0 Å². The molecule has 0 saturated carbocycles. The van der Waals surface area contributed by atoms with E-state index in [-0.39, 0.29) is 11.8 Å². The van der Waals surface area contributed by atoms with Crippen molar-refractivity contribution < 1.29 is 9.59 Å². The molecule has 0 atom stereocenters. The molecule has 2 heterocycles. The number of hydrogen-bond donors (Lipinski definition) is 1. The van der Waals surface area contributed by atoms with Crippen molar-refractivity contribution >= 4 is 23.2 Å². The predicted octanol–water partition coefficient (Wildman–Crippen LogP) is 2.26. The molecule has 0 radical (unpaired) electrons. The summed E-state index contributed by atoms with van der Waals surface area (Å²) in [6, 6.07) is 8.00. The monoisotopic (exact) mass is 313 g/mol. The van der Waals surface area contributed by atoms with Crippen LogP contribution in [0.1, 0.15) is 19.8 Å². The van der Waals surface area contributed by atoms with Crippen LogP contribution in [0.3, 0.4) is 0 Å². The third kappa shape index (κ3) is 3.09. The van der Waals surface area contributed by atoms with Crippen molar-refractivity contribution in [2.24, 2.45) is 5.41 Å². The van der Waals surface area contributed by atoms with Crippen LogP contribution in [-0.2, 0) is 9.59 Å². The summed E-state index contributed by atoms with van der Waals surface area (Å²) >= 11 is 0. The Morgan fingerprint density at radius 1 is 1.17 bits per heavy atom. The second-order valence-corrected chi connectivity index (χ2v) is 6.65. The molecule has 0 aromatic heterocycles. The number of benzene rings is 1. The van der Waals surface area contributed by atoms with Crippen LogP contribution in [0.15, 0.2) is 36.9 Å². The number of anilines is 2. The van der Waals surface area contributed by atoms with Gasteiger partial charge in [0, 0.05) is 37.6 Å². The maximum Gasteiger partial charge on any atom is 0.246 e. The fourth-order valence-electron chi connectivity index (χ4n) is 3.24. The quantitative estimate of drug-likeness (QED) is 0.868. The minimum absolute atomic E-state index is 0.0421. The van der Waals surface area contributed by atoms with E-state index in [0.29, 0.717) is 13.1 Å². The molecular formula is C18H23N3O2. The Morgan fingerprint density at radius 3 is 2.35 bits per heavy atom. The summed E-state index contributed by atoms with van der Waals surface area (Å²) < 4.78 is 0. The zero-order valence-electron chi connectivity index (χ0n) is 13.5. The highest BCUT2D eigenvalue weighted by Gasteiger charge is 2.46. The molecule has 5 heteroatoms. The molecule has 2 aliphatic rings. The Bertz CT molecular complexity index is 612. The van der Waals surface area contributed by atoms with E-state index >= 15 is 0 Å². The van der Waals surface area contributed by atoms with Crippen molar-refractivity contribution in [3.8, 4) is 0 Å². The van der Waals surface area contributed by atoms with Crippen LogP contribution >= 0.6 is 0 Å². The van der Waals surface area contributed by atoms with Gasteiger partial charge < -0.3 is 15.1 Å². The summed E-state index contributed by atoms with van der Waals surface area (Å²) in [6.45, 7) is 8.45. The van der Waals surface area contributed by atoms with Gasteiger partial charge in [0.05, 0.1) is 5.41 Å². The van der Waals surface area contributed by atoms with Gasteiger partial charge in [-0.25, -0.2) is 0 Å². The van der Waals surface area contributed by atoms with E-state index in [4.69, 9.17) is 0 Å². The lowest BCUT2D eigenvalue weighted by Crippen LogP contribution is -2.61. The van der Waals surface area contributed by atoms with Crippen LogP contribution in [0.2, 0.25) is 0 Å². The van der Waals surface area contributed by atoms with Crippen LogP contribution in [0, 0.1) is 5.41 Å². The molecule has 2 aliphatic heterocycles. The third-order valence-electron chi connectivity index (χ3n) is 4.71. The number of amides is 2. The smallest absolute Gasteiger partial charge is 0.246 e. The molecule has 2 saturated heterocycles. The normalized spacial score (nSPS) is 19.2. The topological polar surface area (TPSA) is 52.7 Å². The molecule has 0 unspecified atom stereocenters. The number of carbonyl (C=O) groups excluding carboxylic acids is 2. The molecule has 1 N–H and O–H groups in total. The number of nitrogens with one attached hydrogen (secondary N) is 1. The highest BCUT2D eigenvalue weighted by Crippen LogP contribution is 2.32. The van der Waals surface area contributed by atoms with Crippen molar-refractivity contribution in [2.75, 3.05) is 36.4 Å². The number of rotatable bonds is 4. The molecule has 3 rings (SSSR count). The summed E-state index contributed by atoms with van der Waals surface area (Å²) in [5, 5.41) is 2.96. The van der Waals surface area contributed by atoms with Gasteiger partial charge in [0.2, 0.25) is 11.8 Å². The van der Waals surface area contributed by atoms with Crippen molar-refractivity contribution in [3.05, 3.63) is 36.9 Å². The van der Waals surface area contributed by atoms with Crippen molar-refractivity contribution in [1.29, 1.82) is 0 Å². The van der Waals surface area contributed by atoms with Gasteiger partial charge in [-0.05, 0) is 50.1 Å². The molecule has 23 heavy (non-hydrogen) atoms. The number of likely N-dealkylation sites (tertiary alicyclic amines) is 1. The molecule has 2 amide bonds. The second kappa shape index (κ2) is 6.07. The number of nitrogens with zero attached hydrogens (tertiary/aromatic N) is 2. The molecule has 1 aromatic carbocycles. The zero-order valence-corrected chi connectivity index (χ0v) is 13.5. The second-order valence-electron chi connectivity index (χ2n) is 6.65. The first-order chi connectivity index (χ1) is 11.0. The average Bonchev–Trinajstić information content (AvgIpc) is 3.06. The fourth-order valence-corrected chi connectivity index (χ4v) is 3.24. The highest BCUT2D eigenvalue weighted by molar-refractivity contribution is 5.98. The van der Waals surface area contributed by atoms with Crippen molar-refractivity contribution in [1.82, 2.24) is 4.90 Å². The Labute approximate surface area is 137 Å². The molecule has 0 aliphatic carbocycles. The largest absolute Gasteiger partial charge is 0.372 e. The van der Waals surface area contributed by atoms with E-state index in [1.165, 1.54) is 24.6 Å². The van der Waals surface area contributed by atoms with Crippen molar-refractivity contribution in [3.63, 3.8) is 0 Å². The molecule has 5 nitrogen and oxygen atoms in total. The van der Waals surface area contributed by atoms with E-state index in [2.05, 4.69) is 28.9 Å². The van der Waals surface area contributed by atoms with Crippen LogP contribution < -0.4 is 10.2 Å². The summed E-state index contributed by atoms with van der Waals surface area (Å²) in [7, 11) is 0. The van der Waals surface area contributed by atoms with Gasteiger partial charge in [0.1, 0.15) is 0 Å². The molecule has 1 aromatic rings. The number of carbonyl (C=O) groups is 2. The minimum atomic E-state index is -0.522. The summed E-state index contributed by atoms with van der Waals surface area (Å²) in [5.74, 6) is -0.162. The van der Waals surface area contributed by atoms with E-state index < -0.39 is 5.41 Å². The van der Waals surface area contributed by atoms with E-state index in [0.717, 1.165) is 18.8 Å². The van der Waals surface area contributed by atoms with Crippen LogP contribution in [0.4, 0.5) is 11.4 Å². The lowest BCUT2D eigenvalue weighted by molar-refractivity contribution is -0.145. The Hall–Kier alpha value is -2.30. The maximum absolute atomic E-state index is 12.4. The lowest BCUT2D eigenvalue weighted by atomic mass is 9.80. The van der Waals surface area contributed by atoms with E-state index in [1.807, 2.05) is 19.1 Å². The van der Waals surface area contributed by atoms with E-state index in [9.17, 15) is 9.59 Å². The standard InChI is InChI=1S/C18H23N3O2/c1-3-16(22)21-12-18(2,13-21)17(23)19-14-6-8-15(9-7-14)20-10-4-5-11-20/h3,6-9H,1,4-5,10-13H2,2H3,(H,19,23). The minimum Gasteiger partial charge on any atom is -0.372 e. The first-order valence-corrected chi connectivity index (χ1v) is 8.10. The van der Waals surface area contributed by atoms with Gasteiger partial charge in [-0.3, -0.25) is 9.59 Å². The predicted molar refractivity (Wildman–Crippen MR) is 91.4 cm³/mol. The van der Waals surface area contributed by atoms with Gasteiger partial charge in [-0.15, -0.1) is 0 Å². The molecular weight excluding hydrogens is 290 g/mol. The first kappa shape index (κ1) is 15.6. The third-order valence-corrected chi connectivity index (χ3v) is 4.71. The van der Waals surface area contributed by atoms with Crippen LogP contribution in [0.25, 0.3) is 0 Å². The fraction of sp³-hybridized carbons (Fsp3) is 0.444. The van der Waals surface area contributed by atoms with Gasteiger partial charge in [0.25, 0.3) is 0 Å².